The van der Waals surface area contributed by atoms with E-state index in [-0.39, 0.29) is 5.60 Å². The molecular weight excluding hydrogens is 148 g/mol. The molecule has 0 aromatic rings. The number of hydrogen-bond acceptors (Lipinski definition) is 1. The Bertz CT molecular complexity index is 169. The monoisotopic (exact) mass is 168 g/mol. The minimum Gasteiger partial charge on any atom is -0.390 e. The van der Waals surface area contributed by atoms with Gasteiger partial charge in [0.15, 0.2) is 0 Å². The molecule has 1 nitrogen and oxygen atoms in total. The maximum atomic E-state index is 9.92. The second-order valence-corrected chi connectivity index (χ2v) is 5.54. The summed E-state index contributed by atoms with van der Waals surface area (Å²) in [5.41, 5.74) is 0.332. The number of hydrogen-bond donors (Lipinski definition) is 1. The van der Waals surface area contributed by atoms with Gasteiger partial charge in [-0.05, 0) is 49.9 Å². The average Bonchev–Trinajstić information content (AvgIpc) is 2.68. The lowest BCUT2D eigenvalue weighted by molar-refractivity contribution is 0.0370. The molecule has 0 saturated heterocycles. The van der Waals surface area contributed by atoms with Crippen LogP contribution >= 0.6 is 0 Å². The Labute approximate surface area is 75.2 Å². The first-order valence-corrected chi connectivity index (χ1v) is 5.24. The lowest BCUT2D eigenvalue weighted by Crippen LogP contribution is -2.30. The minimum absolute atomic E-state index is 0.212. The van der Waals surface area contributed by atoms with Gasteiger partial charge < -0.3 is 5.11 Å². The standard InChI is InChI=1S/C11H20O/c1-10(2)5-3-9(4-6-10)11(12)7-8-11/h9,12H,3-8H2,1-2H3. The van der Waals surface area contributed by atoms with Crippen LogP contribution in [0.1, 0.15) is 52.4 Å². The molecule has 12 heavy (non-hydrogen) atoms. The van der Waals surface area contributed by atoms with Gasteiger partial charge in [-0.2, -0.15) is 0 Å². The number of rotatable bonds is 1. The van der Waals surface area contributed by atoms with E-state index < -0.39 is 0 Å². The summed E-state index contributed by atoms with van der Waals surface area (Å²) in [5.74, 6) is 0.630. The van der Waals surface area contributed by atoms with E-state index in [9.17, 15) is 5.11 Å². The van der Waals surface area contributed by atoms with Gasteiger partial charge in [-0.15, -0.1) is 0 Å². The summed E-state index contributed by atoms with van der Waals surface area (Å²) in [6.45, 7) is 4.69. The van der Waals surface area contributed by atoms with Crippen LogP contribution in [0.2, 0.25) is 0 Å². The first-order chi connectivity index (χ1) is 5.52. The Morgan fingerprint density at radius 1 is 1.00 bits per heavy atom. The molecule has 0 unspecified atom stereocenters. The highest BCUT2D eigenvalue weighted by atomic mass is 16.3. The summed E-state index contributed by atoms with van der Waals surface area (Å²) in [6.07, 6.45) is 7.25. The van der Waals surface area contributed by atoms with Crippen LogP contribution in [-0.4, -0.2) is 10.7 Å². The molecule has 0 bridgehead atoms. The van der Waals surface area contributed by atoms with E-state index in [4.69, 9.17) is 0 Å². The smallest absolute Gasteiger partial charge is 0.0678 e. The Kier molecular flexibility index (Phi) is 1.76. The molecule has 0 aromatic carbocycles. The van der Waals surface area contributed by atoms with Crippen molar-refractivity contribution in [2.45, 2.75) is 58.0 Å². The molecule has 0 aromatic heterocycles. The molecule has 0 radical (unpaired) electrons. The Morgan fingerprint density at radius 2 is 1.50 bits per heavy atom. The van der Waals surface area contributed by atoms with E-state index >= 15 is 0 Å². The van der Waals surface area contributed by atoms with Gasteiger partial charge in [0.05, 0.1) is 5.60 Å². The molecule has 0 aliphatic heterocycles. The van der Waals surface area contributed by atoms with Crippen molar-refractivity contribution in [2.75, 3.05) is 0 Å². The summed E-state index contributed by atoms with van der Waals surface area (Å²) in [4.78, 5) is 0. The highest BCUT2D eigenvalue weighted by Gasteiger charge is 2.48. The van der Waals surface area contributed by atoms with Crippen molar-refractivity contribution in [3.8, 4) is 0 Å². The van der Waals surface area contributed by atoms with Crippen LogP contribution < -0.4 is 0 Å². The molecule has 2 fully saturated rings. The summed E-state index contributed by atoms with van der Waals surface area (Å²) < 4.78 is 0. The van der Waals surface area contributed by atoms with Crippen LogP contribution in [0.15, 0.2) is 0 Å². The van der Waals surface area contributed by atoms with Crippen LogP contribution in [0.25, 0.3) is 0 Å². The quantitative estimate of drug-likeness (QED) is 0.638. The molecular formula is C11H20O. The molecule has 2 aliphatic carbocycles. The predicted molar refractivity (Wildman–Crippen MR) is 49.9 cm³/mol. The van der Waals surface area contributed by atoms with Crippen LogP contribution in [0.5, 0.6) is 0 Å². The molecule has 1 heteroatoms. The second-order valence-electron chi connectivity index (χ2n) is 5.54. The van der Waals surface area contributed by atoms with Gasteiger partial charge in [-0.3, -0.25) is 0 Å². The average molecular weight is 168 g/mol. The van der Waals surface area contributed by atoms with Gasteiger partial charge in [0, 0.05) is 0 Å². The van der Waals surface area contributed by atoms with E-state index in [0.29, 0.717) is 11.3 Å². The SMILES string of the molecule is CC1(C)CCC(C2(O)CC2)CC1. The van der Waals surface area contributed by atoms with Gasteiger partial charge in [0.1, 0.15) is 0 Å². The van der Waals surface area contributed by atoms with E-state index in [2.05, 4.69) is 13.8 Å². The van der Waals surface area contributed by atoms with Gasteiger partial charge >= 0.3 is 0 Å². The molecule has 2 rings (SSSR count). The van der Waals surface area contributed by atoms with E-state index in [1.54, 1.807) is 0 Å². The van der Waals surface area contributed by atoms with E-state index in [1.165, 1.54) is 25.7 Å². The van der Waals surface area contributed by atoms with Gasteiger partial charge in [0.2, 0.25) is 0 Å². The van der Waals surface area contributed by atoms with Gasteiger partial charge in [0.25, 0.3) is 0 Å². The zero-order valence-electron chi connectivity index (χ0n) is 8.27. The highest BCUT2D eigenvalue weighted by molar-refractivity contribution is 5.01. The van der Waals surface area contributed by atoms with Gasteiger partial charge in [-0.1, -0.05) is 13.8 Å². The van der Waals surface area contributed by atoms with Crippen molar-refractivity contribution in [3.05, 3.63) is 0 Å². The third-order valence-corrected chi connectivity index (χ3v) is 3.86. The van der Waals surface area contributed by atoms with Crippen molar-refractivity contribution in [3.63, 3.8) is 0 Å². The lowest BCUT2D eigenvalue weighted by atomic mass is 9.71. The van der Waals surface area contributed by atoms with Gasteiger partial charge in [-0.25, -0.2) is 0 Å². The molecule has 1 N–H and O–H groups in total. The normalized spacial score (nSPS) is 33.2. The molecule has 2 aliphatic rings. The molecule has 0 amide bonds. The second kappa shape index (κ2) is 2.47. The third kappa shape index (κ3) is 1.52. The van der Waals surface area contributed by atoms with Crippen molar-refractivity contribution < 1.29 is 5.11 Å². The molecule has 0 spiro atoms. The molecule has 0 atom stereocenters. The lowest BCUT2D eigenvalue weighted by Gasteiger charge is -2.36. The summed E-state index contributed by atoms with van der Waals surface area (Å²) in [7, 11) is 0. The Hall–Kier alpha value is -0.0400. The maximum absolute atomic E-state index is 9.92. The minimum atomic E-state index is -0.212. The van der Waals surface area contributed by atoms with Crippen molar-refractivity contribution >= 4 is 0 Å². The summed E-state index contributed by atoms with van der Waals surface area (Å²) in [6, 6.07) is 0. The van der Waals surface area contributed by atoms with Crippen molar-refractivity contribution in [2.24, 2.45) is 11.3 Å². The van der Waals surface area contributed by atoms with Crippen LogP contribution in [-0.2, 0) is 0 Å². The fraction of sp³-hybridized carbons (Fsp3) is 1.00. The van der Waals surface area contributed by atoms with E-state index in [1.807, 2.05) is 0 Å². The first kappa shape index (κ1) is 8.55. The first-order valence-electron chi connectivity index (χ1n) is 5.24. The highest BCUT2D eigenvalue weighted by Crippen LogP contribution is 2.51. The maximum Gasteiger partial charge on any atom is 0.0678 e. The molecule has 70 valence electrons. The zero-order valence-corrected chi connectivity index (χ0v) is 8.27. The van der Waals surface area contributed by atoms with Crippen LogP contribution in [0.3, 0.4) is 0 Å². The summed E-state index contributed by atoms with van der Waals surface area (Å²) >= 11 is 0. The van der Waals surface area contributed by atoms with Crippen LogP contribution in [0.4, 0.5) is 0 Å². The Morgan fingerprint density at radius 3 is 1.92 bits per heavy atom. The topological polar surface area (TPSA) is 20.2 Å². The third-order valence-electron chi connectivity index (χ3n) is 3.86. The van der Waals surface area contributed by atoms with Crippen molar-refractivity contribution in [1.82, 2.24) is 0 Å². The summed E-state index contributed by atoms with van der Waals surface area (Å²) in [5, 5.41) is 9.92. The molecule has 0 heterocycles. The zero-order chi connectivity index (χ0) is 8.82. The van der Waals surface area contributed by atoms with Crippen LogP contribution in [0, 0.1) is 11.3 Å². The van der Waals surface area contributed by atoms with E-state index in [0.717, 1.165) is 12.8 Å². The fourth-order valence-corrected chi connectivity index (χ4v) is 2.47. The Balaban J connectivity index is 1.90. The predicted octanol–water partition coefficient (Wildman–Crippen LogP) is 2.73. The largest absolute Gasteiger partial charge is 0.390 e. The number of aliphatic hydroxyl groups is 1. The van der Waals surface area contributed by atoms with Crippen molar-refractivity contribution in [1.29, 1.82) is 0 Å². The fourth-order valence-electron chi connectivity index (χ4n) is 2.47. The molecule has 2 saturated carbocycles.